The maximum absolute atomic E-state index is 13.7. The average Bonchev–Trinajstić information content (AvgIpc) is 2.86. The van der Waals surface area contributed by atoms with Crippen molar-refractivity contribution in [1.29, 1.82) is 0 Å². The molecule has 100 valence electrons. The van der Waals surface area contributed by atoms with Gasteiger partial charge in [0.15, 0.2) is 5.13 Å². The molecule has 0 bridgehead atoms. The van der Waals surface area contributed by atoms with E-state index in [1.807, 2.05) is 12.1 Å². The highest BCUT2D eigenvalue weighted by atomic mass is 32.1. The fraction of sp³-hybridized carbons (Fsp3) is 0.308. The van der Waals surface area contributed by atoms with E-state index < -0.39 is 0 Å². The van der Waals surface area contributed by atoms with Crippen molar-refractivity contribution in [3.63, 3.8) is 0 Å². The van der Waals surface area contributed by atoms with Crippen molar-refractivity contribution in [2.24, 2.45) is 0 Å². The highest BCUT2D eigenvalue weighted by Crippen LogP contribution is 2.26. The predicted octanol–water partition coefficient (Wildman–Crippen LogP) is 2.19. The molecular formula is C13H15FN4S. The van der Waals surface area contributed by atoms with Crippen molar-refractivity contribution < 1.29 is 4.39 Å². The molecule has 4 nitrogen and oxygen atoms in total. The van der Waals surface area contributed by atoms with E-state index in [-0.39, 0.29) is 5.82 Å². The van der Waals surface area contributed by atoms with Crippen LogP contribution in [-0.4, -0.2) is 31.2 Å². The molecule has 2 aromatic rings. The minimum atomic E-state index is -0.158. The van der Waals surface area contributed by atoms with Gasteiger partial charge in [0.1, 0.15) is 10.8 Å². The van der Waals surface area contributed by atoms with Gasteiger partial charge in [-0.3, -0.25) is 0 Å². The minimum Gasteiger partial charge on any atom is -0.389 e. The predicted molar refractivity (Wildman–Crippen MR) is 77.4 cm³/mol. The molecule has 2 heterocycles. The Morgan fingerprint density at radius 1 is 1.11 bits per heavy atom. The molecule has 0 spiro atoms. The van der Waals surface area contributed by atoms with Gasteiger partial charge in [0, 0.05) is 26.2 Å². The third kappa shape index (κ3) is 2.49. The monoisotopic (exact) mass is 278 g/mol. The van der Waals surface area contributed by atoms with Crippen LogP contribution in [0.15, 0.2) is 30.5 Å². The molecule has 0 unspecified atom stereocenters. The number of thiazole rings is 1. The highest BCUT2D eigenvalue weighted by molar-refractivity contribution is 7.19. The number of halogens is 1. The van der Waals surface area contributed by atoms with E-state index in [2.05, 4.69) is 14.8 Å². The zero-order chi connectivity index (χ0) is 13.2. The van der Waals surface area contributed by atoms with E-state index in [9.17, 15) is 4.39 Å². The molecule has 1 aliphatic heterocycles. The number of nitrogen functional groups attached to an aromatic ring is 1. The van der Waals surface area contributed by atoms with Gasteiger partial charge in [-0.25, -0.2) is 9.37 Å². The van der Waals surface area contributed by atoms with Crippen LogP contribution in [-0.2, 0) is 0 Å². The van der Waals surface area contributed by atoms with E-state index in [0.29, 0.717) is 5.69 Å². The SMILES string of the molecule is Nc1cnc(N2CCN(c3ccccc3F)CC2)s1. The third-order valence-electron chi connectivity index (χ3n) is 3.25. The van der Waals surface area contributed by atoms with Crippen LogP contribution >= 0.6 is 11.3 Å². The Morgan fingerprint density at radius 3 is 2.42 bits per heavy atom. The first kappa shape index (κ1) is 12.2. The lowest BCUT2D eigenvalue weighted by atomic mass is 10.2. The Hall–Kier alpha value is -1.82. The largest absolute Gasteiger partial charge is 0.389 e. The van der Waals surface area contributed by atoms with Crippen LogP contribution in [0, 0.1) is 5.82 Å². The van der Waals surface area contributed by atoms with Gasteiger partial charge < -0.3 is 15.5 Å². The number of hydrogen-bond acceptors (Lipinski definition) is 5. The lowest BCUT2D eigenvalue weighted by Crippen LogP contribution is -2.46. The summed E-state index contributed by atoms with van der Waals surface area (Å²) in [5, 5.41) is 1.68. The van der Waals surface area contributed by atoms with E-state index in [1.54, 1.807) is 12.3 Å². The van der Waals surface area contributed by atoms with Crippen LogP contribution in [0.1, 0.15) is 0 Å². The summed E-state index contributed by atoms with van der Waals surface area (Å²) in [4.78, 5) is 8.55. The number of nitrogens with zero attached hydrogens (tertiary/aromatic N) is 3. The minimum absolute atomic E-state index is 0.158. The van der Waals surface area contributed by atoms with Crippen LogP contribution in [0.5, 0.6) is 0 Å². The summed E-state index contributed by atoms with van der Waals surface area (Å²) in [7, 11) is 0. The Labute approximate surface area is 115 Å². The molecule has 0 aliphatic carbocycles. The zero-order valence-electron chi connectivity index (χ0n) is 10.4. The van der Waals surface area contributed by atoms with Gasteiger partial charge in [0.05, 0.1) is 11.9 Å². The van der Waals surface area contributed by atoms with Crippen molar-refractivity contribution in [2.75, 3.05) is 41.7 Å². The smallest absolute Gasteiger partial charge is 0.187 e. The molecule has 1 aromatic carbocycles. The maximum Gasteiger partial charge on any atom is 0.187 e. The maximum atomic E-state index is 13.7. The molecule has 0 amide bonds. The summed E-state index contributed by atoms with van der Waals surface area (Å²) in [6, 6.07) is 6.91. The number of anilines is 3. The summed E-state index contributed by atoms with van der Waals surface area (Å²) in [5.74, 6) is -0.158. The fourth-order valence-corrected chi connectivity index (χ4v) is 3.00. The molecule has 3 rings (SSSR count). The summed E-state index contributed by atoms with van der Waals surface area (Å²) < 4.78 is 13.7. The van der Waals surface area contributed by atoms with Gasteiger partial charge in [-0.15, -0.1) is 0 Å². The second-order valence-electron chi connectivity index (χ2n) is 4.47. The van der Waals surface area contributed by atoms with Crippen molar-refractivity contribution in [2.45, 2.75) is 0 Å². The molecule has 0 saturated carbocycles. The second-order valence-corrected chi connectivity index (χ2v) is 5.51. The van der Waals surface area contributed by atoms with E-state index >= 15 is 0 Å². The quantitative estimate of drug-likeness (QED) is 0.914. The third-order valence-corrected chi connectivity index (χ3v) is 4.14. The average molecular weight is 278 g/mol. The number of hydrogen-bond donors (Lipinski definition) is 1. The lowest BCUT2D eigenvalue weighted by Gasteiger charge is -2.36. The molecule has 1 aromatic heterocycles. The first-order valence-corrected chi connectivity index (χ1v) is 7.01. The van der Waals surface area contributed by atoms with Gasteiger partial charge in [-0.05, 0) is 12.1 Å². The molecule has 2 N–H and O–H groups in total. The molecule has 0 atom stereocenters. The van der Waals surface area contributed by atoms with E-state index in [1.165, 1.54) is 17.4 Å². The van der Waals surface area contributed by atoms with Crippen molar-refractivity contribution in [3.05, 3.63) is 36.3 Å². The number of para-hydroxylation sites is 1. The van der Waals surface area contributed by atoms with Crippen LogP contribution in [0.4, 0.5) is 20.2 Å². The number of nitrogens with two attached hydrogens (primary N) is 1. The van der Waals surface area contributed by atoms with Gasteiger partial charge >= 0.3 is 0 Å². The summed E-state index contributed by atoms with van der Waals surface area (Å²) in [6.45, 7) is 3.25. The topological polar surface area (TPSA) is 45.4 Å². The van der Waals surface area contributed by atoms with Gasteiger partial charge in [-0.1, -0.05) is 23.5 Å². The molecule has 1 saturated heterocycles. The van der Waals surface area contributed by atoms with Crippen molar-refractivity contribution in [1.82, 2.24) is 4.98 Å². The first-order valence-electron chi connectivity index (χ1n) is 6.20. The van der Waals surface area contributed by atoms with Crippen LogP contribution in [0.3, 0.4) is 0 Å². The van der Waals surface area contributed by atoms with Gasteiger partial charge in [-0.2, -0.15) is 0 Å². The van der Waals surface area contributed by atoms with E-state index in [0.717, 1.165) is 36.3 Å². The standard InChI is InChI=1S/C13H15FN4S/c14-10-3-1-2-4-11(10)17-5-7-18(8-6-17)13-16-9-12(15)19-13/h1-4,9H,5-8,15H2. The Morgan fingerprint density at radius 2 is 1.79 bits per heavy atom. The zero-order valence-corrected chi connectivity index (χ0v) is 11.2. The van der Waals surface area contributed by atoms with Gasteiger partial charge in [0.25, 0.3) is 0 Å². The molecule has 0 radical (unpaired) electrons. The molecular weight excluding hydrogens is 263 g/mol. The normalized spacial score (nSPS) is 15.8. The number of rotatable bonds is 2. The second kappa shape index (κ2) is 5.05. The molecule has 1 fully saturated rings. The Balaban J connectivity index is 1.68. The number of benzene rings is 1. The fourth-order valence-electron chi connectivity index (χ4n) is 2.27. The van der Waals surface area contributed by atoms with Crippen molar-refractivity contribution in [3.8, 4) is 0 Å². The number of piperazine rings is 1. The van der Waals surface area contributed by atoms with Crippen LogP contribution in [0.2, 0.25) is 0 Å². The van der Waals surface area contributed by atoms with Crippen LogP contribution in [0.25, 0.3) is 0 Å². The van der Waals surface area contributed by atoms with Gasteiger partial charge in [0.2, 0.25) is 0 Å². The number of aromatic nitrogens is 1. The highest BCUT2D eigenvalue weighted by Gasteiger charge is 2.20. The summed E-state index contributed by atoms with van der Waals surface area (Å²) in [6.07, 6.45) is 1.68. The molecule has 19 heavy (non-hydrogen) atoms. The summed E-state index contributed by atoms with van der Waals surface area (Å²) >= 11 is 1.49. The van der Waals surface area contributed by atoms with Crippen LogP contribution < -0.4 is 15.5 Å². The molecule has 6 heteroatoms. The van der Waals surface area contributed by atoms with Crippen molar-refractivity contribution >= 4 is 27.2 Å². The Bertz CT molecular complexity index is 563. The lowest BCUT2D eigenvalue weighted by molar-refractivity contribution is 0.597. The summed E-state index contributed by atoms with van der Waals surface area (Å²) in [5.41, 5.74) is 6.37. The Kier molecular flexibility index (Phi) is 3.25. The molecule has 1 aliphatic rings. The van der Waals surface area contributed by atoms with E-state index in [4.69, 9.17) is 5.73 Å². The first-order chi connectivity index (χ1) is 9.24.